The SMILES string of the molecule is O.O.O=C([O-])[O-].[Zr]. The van der Waals surface area contributed by atoms with Gasteiger partial charge in [-0.25, -0.2) is 0 Å². The molecule has 0 atom stereocenters. The molecule has 6 heteroatoms. The Morgan fingerprint density at radius 1 is 1.14 bits per heavy atom. The van der Waals surface area contributed by atoms with Crippen molar-refractivity contribution in [1.82, 2.24) is 0 Å². The molecular formula is CH4O5Zr-2. The van der Waals surface area contributed by atoms with Crippen molar-refractivity contribution in [3.8, 4) is 0 Å². The third kappa shape index (κ3) is 18800. The molecule has 0 aliphatic heterocycles. The molecule has 0 saturated heterocycles. The fourth-order valence-corrected chi connectivity index (χ4v) is 0. The summed E-state index contributed by atoms with van der Waals surface area (Å²) in [5.41, 5.74) is 0. The third-order valence-corrected chi connectivity index (χ3v) is 0. The first-order chi connectivity index (χ1) is 1.73. The summed E-state index contributed by atoms with van der Waals surface area (Å²) in [5, 5.41) is 16.7. The molecule has 5 nitrogen and oxygen atoms in total. The molecule has 0 amide bonds. The number of hydrogen-bond donors (Lipinski definition) is 0. The zero-order valence-electron chi connectivity index (χ0n) is 3.22. The van der Waals surface area contributed by atoms with E-state index in [0.717, 1.165) is 0 Å². The van der Waals surface area contributed by atoms with Gasteiger partial charge in [-0.15, -0.1) is 0 Å². The molecular weight excluding hydrogens is 183 g/mol. The molecule has 0 rings (SSSR count). The predicted octanol–water partition coefficient (Wildman–Crippen LogP) is -4.10. The van der Waals surface area contributed by atoms with Crippen LogP contribution >= 0.6 is 0 Å². The Morgan fingerprint density at radius 3 is 1.14 bits per heavy atom. The maximum atomic E-state index is 8.33. The van der Waals surface area contributed by atoms with Crippen LogP contribution in [0.1, 0.15) is 0 Å². The minimum Gasteiger partial charge on any atom is -0.652 e. The Balaban J connectivity index is -0.0000000150. The molecule has 0 aromatic rings. The van der Waals surface area contributed by atoms with Gasteiger partial charge in [-0.2, -0.15) is 0 Å². The minimum absolute atomic E-state index is 0. The Hall–Kier alpha value is 0.0731. The van der Waals surface area contributed by atoms with Gasteiger partial charge in [0.25, 0.3) is 0 Å². The first-order valence-electron chi connectivity index (χ1n) is 0.612. The van der Waals surface area contributed by atoms with Crippen LogP contribution in [0, 0.1) is 0 Å². The summed E-state index contributed by atoms with van der Waals surface area (Å²) in [5.74, 6) is 0. The van der Waals surface area contributed by atoms with E-state index in [1.807, 2.05) is 0 Å². The van der Waals surface area contributed by atoms with Gasteiger partial charge in [0.1, 0.15) is 0 Å². The first-order valence-corrected chi connectivity index (χ1v) is 0.612. The second kappa shape index (κ2) is 16.6. The largest absolute Gasteiger partial charge is 0.652 e. The molecule has 7 heavy (non-hydrogen) atoms. The quantitative estimate of drug-likeness (QED) is 0.382. The van der Waals surface area contributed by atoms with E-state index in [0.29, 0.717) is 0 Å². The van der Waals surface area contributed by atoms with Crippen LogP contribution < -0.4 is 10.2 Å². The average molecular weight is 187 g/mol. The molecule has 0 aliphatic rings. The summed E-state index contributed by atoms with van der Waals surface area (Å²) in [6.45, 7) is 0. The van der Waals surface area contributed by atoms with Gasteiger partial charge >= 0.3 is 0 Å². The molecule has 0 radical (unpaired) electrons. The van der Waals surface area contributed by atoms with Gasteiger partial charge in [-0.1, -0.05) is 0 Å². The Labute approximate surface area is 58.7 Å². The fraction of sp³-hybridized carbons (Fsp3) is 0. The van der Waals surface area contributed by atoms with Crippen molar-refractivity contribution in [3.05, 3.63) is 0 Å². The molecule has 0 spiro atoms. The van der Waals surface area contributed by atoms with Gasteiger partial charge in [-0.05, 0) is 6.16 Å². The summed E-state index contributed by atoms with van der Waals surface area (Å²) in [7, 11) is 0. The van der Waals surface area contributed by atoms with E-state index in [1.165, 1.54) is 0 Å². The van der Waals surface area contributed by atoms with Gasteiger partial charge in [0, 0.05) is 26.2 Å². The molecule has 0 fully saturated rings. The van der Waals surface area contributed by atoms with Crippen LogP contribution in [0.5, 0.6) is 0 Å². The summed E-state index contributed by atoms with van der Waals surface area (Å²) in [6, 6.07) is 0. The molecule has 0 aromatic carbocycles. The molecule has 0 aliphatic carbocycles. The predicted molar refractivity (Wildman–Crippen MR) is 12.6 cm³/mol. The number of hydrogen-bond acceptors (Lipinski definition) is 3. The number of carbonyl (C=O) groups is 1. The number of rotatable bonds is 0. The smallest absolute Gasteiger partial charge is 0 e. The van der Waals surface area contributed by atoms with E-state index in [4.69, 9.17) is 15.0 Å². The Kier molecular flexibility index (Phi) is 65.3. The van der Waals surface area contributed by atoms with Crippen LogP contribution in [0.15, 0.2) is 0 Å². The fourth-order valence-electron chi connectivity index (χ4n) is 0. The molecule has 44 valence electrons. The van der Waals surface area contributed by atoms with Crippen molar-refractivity contribution in [2.75, 3.05) is 0 Å². The van der Waals surface area contributed by atoms with E-state index < -0.39 is 6.16 Å². The molecule has 0 bridgehead atoms. The van der Waals surface area contributed by atoms with Crippen molar-refractivity contribution >= 4 is 6.16 Å². The number of carbonyl (C=O) groups excluding carboxylic acids is 1. The van der Waals surface area contributed by atoms with Gasteiger partial charge in [-0.3, -0.25) is 0 Å². The summed E-state index contributed by atoms with van der Waals surface area (Å²) < 4.78 is 0. The summed E-state index contributed by atoms with van der Waals surface area (Å²) in [4.78, 5) is 8.33. The standard InChI is InChI=1S/CH2O3.2H2O.Zr/c2-1(3)4;;;/h(H2,2,3,4);2*1H2;/p-2. The maximum Gasteiger partial charge on any atom is 0 e. The third-order valence-electron chi connectivity index (χ3n) is 0. The second-order valence-corrected chi connectivity index (χ2v) is 0.250. The zero-order chi connectivity index (χ0) is 3.58. The van der Waals surface area contributed by atoms with E-state index in [1.54, 1.807) is 0 Å². The van der Waals surface area contributed by atoms with Crippen LogP contribution in [0.3, 0.4) is 0 Å². The maximum absolute atomic E-state index is 8.33. The topological polar surface area (TPSA) is 126 Å². The molecule has 4 N–H and O–H groups in total. The second-order valence-electron chi connectivity index (χ2n) is 0.250. The monoisotopic (exact) mass is 186 g/mol. The number of carboxylic acid groups (broad SMARTS) is 2. The van der Waals surface area contributed by atoms with E-state index in [9.17, 15) is 0 Å². The Bertz CT molecular complexity index is 31.1. The van der Waals surface area contributed by atoms with E-state index in [-0.39, 0.29) is 37.2 Å². The van der Waals surface area contributed by atoms with Gasteiger partial charge in [0.05, 0.1) is 0 Å². The molecule has 0 saturated carbocycles. The van der Waals surface area contributed by atoms with Crippen molar-refractivity contribution in [2.45, 2.75) is 0 Å². The van der Waals surface area contributed by atoms with Crippen LogP contribution in [0.4, 0.5) is 4.79 Å². The van der Waals surface area contributed by atoms with Crippen molar-refractivity contribution in [1.29, 1.82) is 0 Å². The van der Waals surface area contributed by atoms with Crippen molar-refractivity contribution in [2.24, 2.45) is 0 Å². The molecule has 0 aromatic heterocycles. The average Bonchev–Trinajstić information content (AvgIpc) is 0.811. The Morgan fingerprint density at radius 2 is 1.14 bits per heavy atom. The summed E-state index contributed by atoms with van der Waals surface area (Å²) >= 11 is 0. The van der Waals surface area contributed by atoms with Gasteiger partial charge < -0.3 is 26.0 Å². The van der Waals surface area contributed by atoms with Crippen LogP contribution in [-0.4, -0.2) is 17.1 Å². The van der Waals surface area contributed by atoms with Crippen molar-refractivity contribution < 1.29 is 52.2 Å². The normalized spacial score (nSPS) is 3.43. The van der Waals surface area contributed by atoms with Crippen LogP contribution in [0.25, 0.3) is 0 Å². The first kappa shape index (κ1) is 27.6. The van der Waals surface area contributed by atoms with Crippen molar-refractivity contribution in [3.63, 3.8) is 0 Å². The molecule has 0 heterocycles. The van der Waals surface area contributed by atoms with Crippen LogP contribution in [0.2, 0.25) is 0 Å². The van der Waals surface area contributed by atoms with E-state index >= 15 is 0 Å². The summed E-state index contributed by atoms with van der Waals surface area (Å²) in [6.07, 6.45) is -2.33. The van der Waals surface area contributed by atoms with E-state index in [2.05, 4.69) is 0 Å². The molecule has 0 unspecified atom stereocenters. The van der Waals surface area contributed by atoms with Gasteiger partial charge in [0.15, 0.2) is 0 Å². The van der Waals surface area contributed by atoms with Gasteiger partial charge in [0.2, 0.25) is 0 Å². The minimum atomic E-state index is -2.33. The zero-order valence-corrected chi connectivity index (χ0v) is 5.68. The van der Waals surface area contributed by atoms with Crippen LogP contribution in [-0.2, 0) is 26.2 Å².